The van der Waals surface area contributed by atoms with E-state index < -0.39 is 0 Å². The number of hydrogen-bond donors (Lipinski definition) is 1. The highest BCUT2D eigenvalue weighted by Crippen LogP contribution is 2.35. The minimum atomic E-state index is 0.346. The van der Waals surface area contributed by atoms with Crippen LogP contribution in [0.3, 0.4) is 0 Å². The van der Waals surface area contributed by atoms with Crippen molar-refractivity contribution < 1.29 is 5.11 Å². The molecule has 0 saturated carbocycles. The maximum absolute atomic E-state index is 9.73. The molecule has 0 spiro atoms. The van der Waals surface area contributed by atoms with Gasteiger partial charge in [-0.1, -0.05) is 24.3 Å². The van der Waals surface area contributed by atoms with Gasteiger partial charge >= 0.3 is 0 Å². The van der Waals surface area contributed by atoms with Crippen LogP contribution in [-0.2, 0) is 0 Å². The summed E-state index contributed by atoms with van der Waals surface area (Å²) < 4.78 is 0. The van der Waals surface area contributed by atoms with Gasteiger partial charge < -0.3 is 10.0 Å². The normalized spacial score (nSPS) is 17.1. The molecular weight excluding hydrogens is 186 g/mol. The number of phenolic OH excluding ortho intramolecular Hbond substituents is 1. The molecule has 2 nitrogen and oxygen atoms in total. The van der Waals surface area contributed by atoms with Crippen LogP contribution in [-0.4, -0.2) is 16.6 Å². The van der Waals surface area contributed by atoms with E-state index in [-0.39, 0.29) is 0 Å². The van der Waals surface area contributed by atoms with E-state index in [9.17, 15) is 5.11 Å². The molecule has 74 valence electrons. The monoisotopic (exact) mass is 197 g/mol. The summed E-state index contributed by atoms with van der Waals surface area (Å²) in [5, 5.41) is 9.73. The second kappa shape index (κ2) is 3.02. The molecule has 2 heteroatoms. The lowest BCUT2D eigenvalue weighted by atomic mass is 9.98. The second-order valence-electron chi connectivity index (χ2n) is 3.69. The van der Waals surface area contributed by atoms with Gasteiger partial charge in [-0.15, -0.1) is 0 Å². The van der Waals surface area contributed by atoms with Crippen molar-refractivity contribution >= 4 is 11.8 Å². The third-order valence-electron chi connectivity index (χ3n) is 2.78. The van der Waals surface area contributed by atoms with E-state index in [4.69, 9.17) is 0 Å². The molecule has 0 bridgehead atoms. The van der Waals surface area contributed by atoms with Gasteiger partial charge in [0, 0.05) is 29.6 Å². The van der Waals surface area contributed by atoms with Gasteiger partial charge in [0.2, 0.25) is 0 Å². The lowest BCUT2D eigenvalue weighted by Gasteiger charge is -2.29. The smallest absolute Gasteiger partial charge is 0.123 e. The Morgan fingerprint density at radius 2 is 2.20 bits per heavy atom. The highest BCUT2D eigenvalue weighted by Gasteiger charge is 2.18. The van der Waals surface area contributed by atoms with Crippen molar-refractivity contribution in [3.05, 3.63) is 53.8 Å². The van der Waals surface area contributed by atoms with E-state index in [0.29, 0.717) is 5.75 Å². The van der Waals surface area contributed by atoms with E-state index in [2.05, 4.69) is 23.1 Å². The maximum atomic E-state index is 9.73. The minimum Gasteiger partial charge on any atom is -0.507 e. The van der Waals surface area contributed by atoms with Crippen molar-refractivity contribution in [1.29, 1.82) is 0 Å². The van der Waals surface area contributed by atoms with E-state index in [0.717, 1.165) is 23.4 Å². The van der Waals surface area contributed by atoms with E-state index in [1.165, 1.54) is 0 Å². The summed E-state index contributed by atoms with van der Waals surface area (Å²) >= 11 is 0. The fourth-order valence-corrected chi connectivity index (χ4v) is 2.03. The van der Waals surface area contributed by atoms with Gasteiger partial charge in [-0.2, -0.15) is 0 Å². The van der Waals surface area contributed by atoms with Crippen molar-refractivity contribution in [2.24, 2.45) is 0 Å². The summed E-state index contributed by atoms with van der Waals surface area (Å²) in [6.45, 7) is 0.900. The first-order chi connectivity index (χ1) is 7.36. The summed E-state index contributed by atoms with van der Waals surface area (Å²) in [5.41, 5.74) is 3.17. The molecule has 15 heavy (non-hydrogen) atoms. The van der Waals surface area contributed by atoms with Crippen LogP contribution in [0.4, 0.5) is 0 Å². The lowest BCUT2D eigenvalue weighted by Crippen LogP contribution is -2.20. The summed E-state index contributed by atoms with van der Waals surface area (Å²) in [6, 6.07) is 5.64. The molecule has 0 atom stereocenters. The molecule has 0 fully saturated rings. The van der Waals surface area contributed by atoms with Gasteiger partial charge in [0.1, 0.15) is 5.75 Å². The van der Waals surface area contributed by atoms with E-state index >= 15 is 0 Å². The van der Waals surface area contributed by atoms with Crippen molar-refractivity contribution in [3.8, 4) is 5.75 Å². The topological polar surface area (TPSA) is 23.5 Å². The van der Waals surface area contributed by atoms with Crippen LogP contribution in [0, 0.1) is 0 Å². The molecule has 2 aliphatic heterocycles. The minimum absolute atomic E-state index is 0.346. The summed E-state index contributed by atoms with van der Waals surface area (Å²) in [5.74, 6) is 0.346. The standard InChI is InChI=1S/C13H11NO/c15-13-6-3-4-10-11(13)7-9-14-8-2-1-5-12(10)14/h1-7,9,15H,8H2. The van der Waals surface area contributed by atoms with Crippen molar-refractivity contribution in [2.75, 3.05) is 6.54 Å². The zero-order valence-corrected chi connectivity index (χ0v) is 8.22. The van der Waals surface area contributed by atoms with Crippen LogP contribution in [0.25, 0.3) is 11.8 Å². The molecule has 0 radical (unpaired) electrons. The first-order valence-corrected chi connectivity index (χ1v) is 5.00. The number of hydrogen-bond acceptors (Lipinski definition) is 2. The van der Waals surface area contributed by atoms with Crippen LogP contribution in [0.5, 0.6) is 5.75 Å². The van der Waals surface area contributed by atoms with Crippen molar-refractivity contribution in [2.45, 2.75) is 0 Å². The number of benzene rings is 1. The Morgan fingerprint density at radius 1 is 1.27 bits per heavy atom. The molecule has 0 unspecified atom stereocenters. The third kappa shape index (κ3) is 1.18. The number of allylic oxidation sites excluding steroid dienone is 2. The predicted octanol–water partition coefficient (Wildman–Crippen LogP) is 2.59. The van der Waals surface area contributed by atoms with E-state index in [1.54, 1.807) is 6.07 Å². The van der Waals surface area contributed by atoms with Crippen LogP contribution in [0.1, 0.15) is 11.1 Å². The number of nitrogens with zero attached hydrogens (tertiary/aromatic N) is 1. The first kappa shape index (κ1) is 8.36. The number of aromatic hydroxyl groups is 1. The van der Waals surface area contributed by atoms with Gasteiger partial charge in [0.25, 0.3) is 0 Å². The number of phenols is 1. The van der Waals surface area contributed by atoms with Crippen LogP contribution < -0.4 is 0 Å². The molecule has 0 amide bonds. The average molecular weight is 197 g/mol. The predicted molar refractivity (Wildman–Crippen MR) is 61.0 cm³/mol. The van der Waals surface area contributed by atoms with Gasteiger partial charge in [0.05, 0.1) is 0 Å². The Kier molecular flexibility index (Phi) is 1.68. The molecule has 0 saturated heterocycles. The maximum Gasteiger partial charge on any atom is 0.123 e. The zero-order chi connectivity index (χ0) is 10.3. The zero-order valence-electron chi connectivity index (χ0n) is 8.22. The SMILES string of the molecule is Oc1cccc2c1C=CN1CC=CC=C21. The quantitative estimate of drug-likeness (QED) is 0.691. The summed E-state index contributed by atoms with van der Waals surface area (Å²) in [7, 11) is 0. The molecule has 1 aromatic rings. The van der Waals surface area contributed by atoms with Crippen LogP contribution in [0.15, 0.2) is 42.6 Å². The molecule has 0 aromatic heterocycles. The van der Waals surface area contributed by atoms with E-state index in [1.807, 2.05) is 24.4 Å². The Hall–Kier alpha value is -1.96. The van der Waals surface area contributed by atoms with Gasteiger partial charge in [0.15, 0.2) is 0 Å². The van der Waals surface area contributed by atoms with Gasteiger partial charge in [-0.05, 0) is 18.2 Å². The average Bonchev–Trinajstić information content (AvgIpc) is 2.29. The van der Waals surface area contributed by atoms with Crippen molar-refractivity contribution in [3.63, 3.8) is 0 Å². The molecule has 2 aliphatic rings. The molecule has 0 aliphatic carbocycles. The summed E-state index contributed by atoms with van der Waals surface area (Å²) in [6.07, 6.45) is 10.2. The Labute approximate surface area is 88.5 Å². The number of fused-ring (bicyclic) bond motifs is 3. The van der Waals surface area contributed by atoms with Crippen molar-refractivity contribution in [1.82, 2.24) is 4.90 Å². The highest BCUT2D eigenvalue weighted by atomic mass is 16.3. The third-order valence-corrected chi connectivity index (χ3v) is 2.78. The molecule has 1 aromatic carbocycles. The second-order valence-corrected chi connectivity index (χ2v) is 3.69. The molecule has 3 rings (SSSR count). The van der Waals surface area contributed by atoms with Gasteiger partial charge in [-0.25, -0.2) is 0 Å². The van der Waals surface area contributed by atoms with Gasteiger partial charge in [-0.3, -0.25) is 0 Å². The Bertz CT molecular complexity index is 497. The Morgan fingerprint density at radius 3 is 3.13 bits per heavy atom. The largest absolute Gasteiger partial charge is 0.507 e. The first-order valence-electron chi connectivity index (χ1n) is 5.00. The van der Waals surface area contributed by atoms with Crippen LogP contribution in [0.2, 0.25) is 0 Å². The summed E-state index contributed by atoms with van der Waals surface area (Å²) in [4.78, 5) is 2.17. The fraction of sp³-hybridized carbons (Fsp3) is 0.0769. The molecular formula is C13H11NO. The molecule has 2 heterocycles. The molecule has 1 N–H and O–H groups in total. The number of rotatable bonds is 0. The highest BCUT2D eigenvalue weighted by molar-refractivity contribution is 5.81. The lowest BCUT2D eigenvalue weighted by molar-refractivity contribution is 0.472. The van der Waals surface area contributed by atoms with Crippen LogP contribution >= 0.6 is 0 Å². The Balaban J connectivity index is 2.24. The fourth-order valence-electron chi connectivity index (χ4n) is 2.03.